The minimum atomic E-state index is 0.0940. The van der Waals surface area contributed by atoms with Crippen LogP contribution in [0.5, 0.6) is 5.75 Å². The molecule has 1 aromatic carbocycles. The fourth-order valence-corrected chi connectivity index (χ4v) is 5.05. The minimum absolute atomic E-state index is 0.0940. The number of amides is 1. The lowest BCUT2D eigenvalue weighted by Gasteiger charge is -2.21. The molecular formula is C29H34ClN5O2. The van der Waals surface area contributed by atoms with Crippen LogP contribution < -0.4 is 10.1 Å². The van der Waals surface area contributed by atoms with Crippen LogP contribution >= 0.6 is 11.6 Å². The van der Waals surface area contributed by atoms with E-state index in [0.29, 0.717) is 17.3 Å². The zero-order chi connectivity index (χ0) is 26.4. The first-order valence-electron chi connectivity index (χ1n) is 12.7. The van der Waals surface area contributed by atoms with Gasteiger partial charge in [0.25, 0.3) is 0 Å². The van der Waals surface area contributed by atoms with Gasteiger partial charge in [-0.15, -0.1) is 0 Å². The van der Waals surface area contributed by atoms with Crippen LogP contribution in [0.15, 0.2) is 54.4 Å². The Hall–Kier alpha value is -3.45. The van der Waals surface area contributed by atoms with Crippen molar-refractivity contribution in [3.05, 3.63) is 76.8 Å². The lowest BCUT2D eigenvalue weighted by molar-refractivity contribution is -0.126. The monoisotopic (exact) mass is 519 g/mol. The van der Waals surface area contributed by atoms with Crippen molar-refractivity contribution in [1.29, 1.82) is 0 Å². The Kier molecular flexibility index (Phi) is 8.77. The lowest BCUT2D eigenvalue weighted by Crippen LogP contribution is -2.31. The molecule has 0 saturated heterocycles. The van der Waals surface area contributed by atoms with Crippen LogP contribution in [-0.4, -0.2) is 40.7 Å². The van der Waals surface area contributed by atoms with E-state index in [1.165, 1.54) is 12.6 Å². The highest BCUT2D eigenvalue weighted by Gasteiger charge is 2.21. The molecule has 37 heavy (non-hydrogen) atoms. The zero-order valence-corrected chi connectivity index (χ0v) is 22.5. The van der Waals surface area contributed by atoms with Crippen molar-refractivity contribution < 1.29 is 9.53 Å². The predicted molar refractivity (Wildman–Crippen MR) is 149 cm³/mol. The molecule has 4 rings (SSSR count). The van der Waals surface area contributed by atoms with Crippen LogP contribution in [0, 0.1) is 12.8 Å². The van der Waals surface area contributed by atoms with Gasteiger partial charge in [-0.25, -0.2) is 9.98 Å². The average molecular weight is 520 g/mol. The fourth-order valence-electron chi connectivity index (χ4n) is 4.82. The van der Waals surface area contributed by atoms with E-state index in [0.717, 1.165) is 64.8 Å². The van der Waals surface area contributed by atoms with Crippen molar-refractivity contribution in [3.8, 4) is 5.75 Å². The molecule has 0 spiro atoms. The molecule has 7 nitrogen and oxygen atoms in total. The van der Waals surface area contributed by atoms with E-state index >= 15 is 0 Å². The number of hydrogen-bond acceptors (Lipinski definition) is 5. The van der Waals surface area contributed by atoms with E-state index < -0.39 is 0 Å². The third kappa shape index (κ3) is 6.28. The topological polar surface area (TPSA) is 79.7 Å². The van der Waals surface area contributed by atoms with Crippen LogP contribution in [0.2, 0.25) is 5.02 Å². The van der Waals surface area contributed by atoms with Gasteiger partial charge in [-0.05, 0) is 37.5 Å². The molecule has 0 aliphatic heterocycles. The van der Waals surface area contributed by atoms with Crippen LogP contribution in [0.3, 0.4) is 0 Å². The number of ether oxygens (including phenoxy) is 1. The first-order valence-corrected chi connectivity index (χ1v) is 13.1. The Morgan fingerprint density at radius 3 is 2.78 bits per heavy atom. The van der Waals surface area contributed by atoms with Gasteiger partial charge >= 0.3 is 0 Å². The number of nitrogens with zero attached hydrogens (tertiary/aromatic N) is 4. The van der Waals surface area contributed by atoms with E-state index in [2.05, 4.69) is 21.9 Å². The number of aliphatic imine (C=N–C) groups is 1. The third-order valence-electron chi connectivity index (χ3n) is 6.70. The van der Waals surface area contributed by atoms with Crippen LogP contribution in [0.25, 0.3) is 10.9 Å². The number of carbonyl (C=O) groups excluding carboxylic acids is 1. The Morgan fingerprint density at radius 2 is 2.05 bits per heavy atom. The summed E-state index contributed by atoms with van der Waals surface area (Å²) in [4.78, 5) is 28.1. The van der Waals surface area contributed by atoms with Gasteiger partial charge in [-0.3, -0.25) is 9.78 Å². The summed E-state index contributed by atoms with van der Waals surface area (Å²) in [6.45, 7) is 6.30. The average Bonchev–Trinajstić information content (AvgIpc) is 2.89. The van der Waals surface area contributed by atoms with Gasteiger partial charge < -0.3 is 15.0 Å². The van der Waals surface area contributed by atoms with E-state index in [-0.39, 0.29) is 18.4 Å². The molecule has 0 bridgehead atoms. The molecule has 8 heteroatoms. The number of halogens is 1. The maximum absolute atomic E-state index is 12.7. The number of benzene rings is 1. The summed E-state index contributed by atoms with van der Waals surface area (Å²) in [5, 5.41) is 4.51. The van der Waals surface area contributed by atoms with E-state index in [1.54, 1.807) is 12.4 Å². The van der Waals surface area contributed by atoms with Gasteiger partial charge in [-0.1, -0.05) is 49.6 Å². The van der Waals surface area contributed by atoms with Crippen molar-refractivity contribution in [2.24, 2.45) is 10.9 Å². The maximum atomic E-state index is 12.7. The number of para-hydroxylation sites is 1. The molecule has 0 atom stereocenters. The highest BCUT2D eigenvalue weighted by atomic mass is 35.5. The van der Waals surface area contributed by atoms with Crippen molar-refractivity contribution in [3.63, 3.8) is 0 Å². The normalized spacial score (nSPS) is 14.4. The highest BCUT2D eigenvalue weighted by molar-refractivity contribution is 6.31. The number of nitrogens with one attached hydrogen (secondary N) is 1. The number of aryl methyl sites for hydroxylation is 1. The molecule has 0 unspecified atom stereocenters. The predicted octanol–water partition coefficient (Wildman–Crippen LogP) is 5.82. The summed E-state index contributed by atoms with van der Waals surface area (Å²) in [5.74, 6) is 1.63. The molecule has 1 aliphatic rings. The molecule has 1 N–H and O–H groups in total. The Labute approximate surface area is 223 Å². The second kappa shape index (κ2) is 12.2. The van der Waals surface area contributed by atoms with Crippen molar-refractivity contribution in [2.75, 3.05) is 14.1 Å². The molecule has 1 aliphatic carbocycles. The SMILES string of the molecule is C=CN=C(c1cc(C)nc2c(OCc3c(Cl)cncc3CNC(=O)C3CCCCC3)cccc12)N(C)C. The molecule has 2 aromatic heterocycles. The number of pyridine rings is 2. The fraction of sp³-hybridized carbons (Fsp3) is 0.379. The van der Waals surface area contributed by atoms with E-state index in [4.69, 9.17) is 21.3 Å². The number of rotatable bonds is 8. The third-order valence-corrected chi connectivity index (χ3v) is 7.03. The molecular weight excluding hydrogens is 486 g/mol. The molecule has 1 fully saturated rings. The summed E-state index contributed by atoms with van der Waals surface area (Å²) < 4.78 is 6.30. The quantitative estimate of drug-likeness (QED) is 0.299. The highest BCUT2D eigenvalue weighted by Crippen LogP contribution is 2.30. The van der Waals surface area contributed by atoms with Crippen LogP contribution in [0.1, 0.15) is 54.5 Å². The maximum Gasteiger partial charge on any atom is 0.223 e. The summed E-state index contributed by atoms with van der Waals surface area (Å²) in [6, 6.07) is 7.87. The lowest BCUT2D eigenvalue weighted by atomic mass is 9.88. The summed E-state index contributed by atoms with van der Waals surface area (Å²) in [6.07, 6.45) is 10.2. The summed E-state index contributed by atoms with van der Waals surface area (Å²) in [5.41, 5.74) is 4.19. The van der Waals surface area contributed by atoms with Gasteiger partial charge in [-0.2, -0.15) is 0 Å². The molecule has 1 saturated carbocycles. The zero-order valence-electron chi connectivity index (χ0n) is 21.8. The molecule has 2 heterocycles. The van der Waals surface area contributed by atoms with Crippen molar-refractivity contribution >= 4 is 34.2 Å². The largest absolute Gasteiger partial charge is 0.487 e. The van der Waals surface area contributed by atoms with Gasteiger partial charge in [0.05, 0.1) is 5.02 Å². The Bertz CT molecular complexity index is 1320. The summed E-state index contributed by atoms with van der Waals surface area (Å²) >= 11 is 6.54. The smallest absolute Gasteiger partial charge is 0.223 e. The van der Waals surface area contributed by atoms with Gasteiger partial charge in [0.15, 0.2) is 0 Å². The van der Waals surface area contributed by atoms with Gasteiger partial charge in [0.2, 0.25) is 5.91 Å². The number of hydrogen-bond donors (Lipinski definition) is 1. The number of amidine groups is 1. The molecule has 1 amide bonds. The number of aromatic nitrogens is 2. The van der Waals surface area contributed by atoms with E-state index in [9.17, 15) is 4.79 Å². The minimum Gasteiger partial charge on any atom is -0.487 e. The number of carbonyl (C=O) groups is 1. The first kappa shape index (κ1) is 26.6. The van der Waals surface area contributed by atoms with Crippen LogP contribution in [0.4, 0.5) is 0 Å². The van der Waals surface area contributed by atoms with Crippen molar-refractivity contribution in [2.45, 2.75) is 52.2 Å². The van der Waals surface area contributed by atoms with Crippen LogP contribution in [-0.2, 0) is 17.9 Å². The van der Waals surface area contributed by atoms with Crippen molar-refractivity contribution in [1.82, 2.24) is 20.2 Å². The standard InChI is InChI=1S/C29H34ClN5O2/c1-5-32-28(35(3)4)23-14-19(2)34-27-22(23)12-9-13-26(27)37-18-24-21(15-31-17-25(24)30)16-33-29(36)20-10-7-6-8-11-20/h5,9,12-15,17,20H,1,6-8,10-11,16,18H2,2-4H3,(H,33,36). The second-order valence-corrected chi connectivity index (χ2v) is 10.0. The first-order chi connectivity index (χ1) is 17.9. The molecule has 0 radical (unpaired) electrons. The molecule has 3 aromatic rings. The second-order valence-electron chi connectivity index (χ2n) is 9.59. The summed E-state index contributed by atoms with van der Waals surface area (Å²) in [7, 11) is 3.90. The Balaban J connectivity index is 1.59. The number of fused-ring (bicyclic) bond motifs is 1. The Morgan fingerprint density at radius 1 is 1.27 bits per heavy atom. The molecule has 194 valence electrons. The van der Waals surface area contributed by atoms with E-state index in [1.807, 2.05) is 50.2 Å². The van der Waals surface area contributed by atoms with Gasteiger partial charge in [0.1, 0.15) is 23.7 Å². The van der Waals surface area contributed by atoms with Gasteiger partial charge in [0, 0.05) is 67.4 Å².